The highest BCUT2D eigenvalue weighted by Crippen LogP contribution is 2.22. The van der Waals surface area contributed by atoms with Crippen molar-refractivity contribution in [1.29, 1.82) is 0 Å². The van der Waals surface area contributed by atoms with E-state index in [1.54, 1.807) is 0 Å². The molecule has 0 bridgehead atoms. The van der Waals surface area contributed by atoms with Gasteiger partial charge in [-0.3, -0.25) is 4.79 Å². The number of alkyl halides is 3. The molecule has 0 unspecified atom stereocenters. The minimum atomic E-state index is -4.35. The number of carbonyl (C=O) groups excluding carboxylic acids is 1. The Morgan fingerprint density at radius 3 is 2.26 bits per heavy atom. The molecule has 2 atom stereocenters. The Balaban J connectivity index is 4.44. The fourth-order valence-electron chi connectivity index (χ4n) is 1.18. The number of hydrogen-bond acceptors (Lipinski definition) is 4. The molecule has 0 aromatic heterocycles. The average Bonchev–Trinajstić information content (AvgIpc) is 2.25. The van der Waals surface area contributed by atoms with Gasteiger partial charge in [-0.15, -0.1) is 0 Å². The van der Waals surface area contributed by atoms with Crippen molar-refractivity contribution in [1.82, 2.24) is 5.32 Å². The summed E-state index contributed by atoms with van der Waals surface area (Å²) < 4.78 is 35.8. The van der Waals surface area contributed by atoms with Crippen molar-refractivity contribution in [2.75, 3.05) is 6.54 Å². The van der Waals surface area contributed by atoms with Crippen LogP contribution >= 0.6 is 0 Å². The first-order valence-electron chi connectivity index (χ1n) is 5.59. The van der Waals surface area contributed by atoms with Crippen LogP contribution in [0.15, 0.2) is 0 Å². The van der Waals surface area contributed by atoms with Crippen LogP contribution in [0.2, 0.25) is 0 Å². The van der Waals surface area contributed by atoms with Crippen LogP contribution in [-0.2, 0) is 9.59 Å². The first-order chi connectivity index (χ1) is 8.49. The van der Waals surface area contributed by atoms with E-state index in [1.165, 1.54) is 6.92 Å². The van der Waals surface area contributed by atoms with Crippen molar-refractivity contribution in [2.24, 2.45) is 11.5 Å². The van der Waals surface area contributed by atoms with E-state index < -0.39 is 42.5 Å². The second-order valence-electron chi connectivity index (χ2n) is 4.49. The molecule has 1 amide bonds. The van der Waals surface area contributed by atoms with E-state index in [4.69, 9.17) is 16.6 Å². The highest BCUT2D eigenvalue weighted by Gasteiger charge is 2.32. The van der Waals surface area contributed by atoms with Gasteiger partial charge in [0.25, 0.3) is 0 Å². The van der Waals surface area contributed by atoms with Crippen molar-refractivity contribution >= 4 is 11.9 Å². The summed E-state index contributed by atoms with van der Waals surface area (Å²) in [6.07, 6.45) is -6.19. The van der Waals surface area contributed by atoms with Gasteiger partial charge in [-0.2, -0.15) is 13.2 Å². The number of carbonyl (C=O) groups is 2. The monoisotopic (exact) mass is 285 g/mol. The Bertz CT molecular complexity index is 332. The normalized spacial score (nSPS) is 16.5. The van der Waals surface area contributed by atoms with E-state index in [0.29, 0.717) is 0 Å². The minimum Gasteiger partial charge on any atom is -0.480 e. The van der Waals surface area contributed by atoms with Gasteiger partial charge in [-0.1, -0.05) is 0 Å². The number of hydrogen-bond donors (Lipinski definition) is 4. The van der Waals surface area contributed by atoms with Crippen LogP contribution in [0, 0.1) is 0 Å². The summed E-state index contributed by atoms with van der Waals surface area (Å²) in [5.74, 6) is -2.22. The molecule has 0 fully saturated rings. The molecule has 0 radical (unpaired) electrons. The Morgan fingerprint density at radius 2 is 1.89 bits per heavy atom. The molecule has 0 aliphatic heterocycles. The first kappa shape index (κ1) is 17.6. The van der Waals surface area contributed by atoms with Crippen LogP contribution < -0.4 is 16.8 Å². The number of nitrogens with one attached hydrogen (secondary N) is 1. The molecule has 0 aromatic rings. The lowest BCUT2D eigenvalue weighted by molar-refractivity contribution is -0.145. The molecule has 9 heteroatoms. The third-order valence-corrected chi connectivity index (χ3v) is 2.50. The lowest BCUT2D eigenvalue weighted by Crippen LogP contribution is -2.59. The van der Waals surface area contributed by atoms with E-state index in [1.807, 2.05) is 0 Å². The van der Waals surface area contributed by atoms with Crippen molar-refractivity contribution in [3.05, 3.63) is 0 Å². The summed E-state index contributed by atoms with van der Waals surface area (Å²) in [4.78, 5) is 22.4. The van der Waals surface area contributed by atoms with Crippen LogP contribution in [0.1, 0.15) is 26.2 Å². The van der Waals surface area contributed by atoms with Crippen molar-refractivity contribution in [2.45, 2.75) is 43.9 Å². The molecule has 19 heavy (non-hydrogen) atoms. The molecule has 6 nitrogen and oxygen atoms in total. The van der Waals surface area contributed by atoms with Crippen molar-refractivity contribution in [3.8, 4) is 0 Å². The molecular formula is C10H18F3N3O3. The standard InChI is InChI=1S/C10H18F3N3O3/c1-9(15,5-14)8(19)16-6(7(17)18)3-2-4-10(11,12)13/h6H,2-5,14-15H2,1H3,(H,16,19)(H,17,18)/t6-,9+/m0/s1. The largest absolute Gasteiger partial charge is 0.480 e. The summed E-state index contributed by atoms with van der Waals surface area (Å²) in [6, 6.07) is -1.41. The molecule has 0 saturated heterocycles. The molecule has 112 valence electrons. The predicted octanol–water partition coefficient (Wildman–Crippen LogP) is -0.0355. The average molecular weight is 285 g/mol. The van der Waals surface area contributed by atoms with Gasteiger partial charge in [-0.05, 0) is 19.8 Å². The number of rotatable bonds is 7. The van der Waals surface area contributed by atoms with Crippen LogP contribution in [0.5, 0.6) is 0 Å². The zero-order valence-corrected chi connectivity index (χ0v) is 10.5. The summed E-state index contributed by atoms with van der Waals surface area (Å²) in [7, 11) is 0. The fraction of sp³-hybridized carbons (Fsp3) is 0.800. The van der Waals surface area contributed by atoms with Gasteiger partial charge in [0.2, 0.25) is 5.91 Å². The van der Waals surface area contributed by atoms with Crippen molar-refractivity contribution in [3.63, 3.8) is 0 Å². The second-order valence-corrected chi connectivity index (χ2v) is 4.49. The van der Waals surface area contributed by atoms with Crippen LogP contribution in [-0.4, -0.2) is 41.3 Å². The molecule has 6 N–H and O–H groups in total. The third kappa shape index (κ3) is 6.97. The van der Waals surface area contributed by atoms with E-state index in [0.717, 1.165) is 0 Å². The first-order valence-corrected chi connectivity index (χ1v) is 5.59. The topological polar surface area (TPSA) is 118 Å². The molecule has 0 heterocycles. The second kappa shape index (κ2) is 6.71. The molecular weight excluding hydrogens is 267 g/mol. The number of nitrogens with two attached hydrogens (primary N) is 2. The summed E-state index contributed by atoms with van der Waals surface area (Å²) in [5, 5.41) is 10.9. The number of carboxylic acid groups (broad SMARTS) is 1. The van der Waals surface area contributed by atoms with E-state index in [9.17, 15) is 22.8 Å². The maximum Gasteiger partial charge on any atom is 0.389 e. The number of amides is 1. The number of halogens is 3. The van der Waals surface area contributed by atoms with Gasteiger partial charge in [0, 0.05) is 13.0 Å². The van der Waals surface area contributed by atoms with E-state index in [-0.39, 0.29) is 13.0 Å². The Kier molecular flexibility index (Phi) is 6.23. The molecule has 0 aliphatic rings. The molecule has 0 saturated carbocycles. The number of aliphatic carboxylic acids is 1. The van der Waals surface area contributed by atoms with Crippen molar-refractivity contribution < 1.29 is 27.9 Å². The lowest BCUT2D eigenvalue weighted by atomic mass is 10.0. The Labute approximate surface area is 108 Å². The van der Waals surface area contributed by atoms with Gasteiger partial charge in [0.15, 0.2) is 0 Å². The van der Waals surface area contributed by atoms with Crippen LogP contribution in [0.25, 0.3) is 0 Å². The third-order valence-electron chi connectivity index (χ3n) is 2.50. The van der Waals surface area contributed by atoms with Gasteiger partial charge < -0.3 is 21.9 Å². The SMILES string of the molecule is C[C@@](N)(CN)C(=O)N[C@@H](CCCC(F)(F)F)C(=O)O. The maximum absolute atomic E-state index is 11.9. The van der Waals surface area contributed by atoms with E-state index in [2.05, 4.69) is 5.32 Å². The molecule has 0 rings (SSSR count). The summed E-state index contributed by atoms with van der Waals surface area (Å²) in [5.41, 5.74) is 9.27. The number of carboxylic acids is 1. The zero-order chi connectivity index (χ0) is 15.3. The Hall–Kier alpha value is -1.35. The van der Waals surface area contributed by atoms with E-state index >= 15 is 0 Å². The van der Waals surface area contributed by atoms with Gasteiger partial charge in [0.05, 0.1) is 0 Å². The summed E-state index contributed by atoms with van der Waals surface area (Å²) >= 11 is 0. The lowest BCUT2D eigenvalue weighted by Gasteiger charge is -2.24. The highest BCUT2D eigenvalue weighted by atomic mass is 19.4. The fourth-order valence-corrected chi connectivity index (χ4v) is 1.18. The van der Waals surface area contributed by atoms with Gasteiger partial charge in [0.1, 0.15) is 11.6 Å². The Morgan fingerprint density at radius 1 is 1.37 bits per heavy atom. The minimum absolute atomic E-state index is 0.215. The molecule has 0 spiro atoms. The van der Waals surface area contributed by atoms with Gasteiger partial charge >= 0.3 is 12.1 Å². The zero-order valence-electron chi connectivity index (χ0n) is 10.5. The maximum atomic E-state index is 11.9. The van der Waals surface area contributed by atoms with Gasteiger partial charge in [-0.25, -0.2) is 4.79 Å². The quantitative estimate of drug-likeness (QED) is 0.523. The highest BCUT2D eigenvalue weighted by molar-refractivity contribution is 5.89. The smallest absolute Gasteiger partial charge is 0.389 e. The summed E-state index contributed by atoms with van der Waals surface area (Å²) in [6.45, 7) is 1.09. The van der Waals surface area contributed by atoms with Crippen LogP contribution in [0.4, 0.5) is 13.2 Å². The van der Waals surface area contributed by atoms with Crippen LogP contribution in [0.3, 0.4) is 0 Å². The molecule has 0 aromatic carbocycles. The predicted molar refractivity (Wildman–Crippen MR) is 61.1 cm³/mol. The molecule has 0 aliphatic carbocycles.